The maximum atomic E-state index is 9.44. The topological polar surface area (TPSA) is 47.3 Å². The van der Waals surface area contributed by atoms with Crippen LogP contribution in [0.1, 0.15) is 31.2 Å². The van der Waals surface area contributed by atoms with Crippen molar-refractivity contribution in [2.75, 3.05) is 6.54 Å². The maximum absolute atomic E-state index is 9.44. The summed E-state index contributed by atoms with van der Waals surface area (Å²) in [5.74, 6) is 0.297. The quantitative estimate of drug-likeness (QED) is 0.809. The standard InChI is InChI=1S/C14H18N2O/c15-8-9-16(13-5-1-2-6-13)11-12-4-3-7-14(17)10-12/h3-4,7,10,13,17H,1-2,5-6,9,11H2. The van der Waals surface area contributed by atoms with Gasteiger partial charge in [-0.1, -0.05) is 25.0 Å². The van der Waals surface area contributed by atoms with Crippen molar-refractivity contribution in [2.45, 2.75) is 38.3 Å². The highest BCUT2D eigenvalue weighted by Gasteiger charge is 2.22. The van der Waals surface area contributed by atoms with Crippen molar-refractivity contribution in [3.8, 4) is 11.8 Å². The second-order valence-corrected chi connectivity index (χ2v) is 4.67. The molecule has 1 saturated carbocycles. The van der Waals surface area contributed by atoms with E-state index in [2.05, 4.69) is 11.0 Å². The minimum absolute atomic E-state index is 0.297. The molecule has 3 nitrogen and oxygen atoms in total. The van der Waals surface area contributed by atoms with Gasteiger partial charge in [-0.15, -0.1) is 0 Å². The van der Waals surface area contributed by atoms with Crippen molar-refractivity contribution < 1.29 is 5.11 Å². The van der Waals surface area contributed by atoms with Crippen LogP contribution in [0.2, 0.25) is 0 Å². The predicted octanol–water partition coefficient (Wildman–Crippen LogP) is 2.66. The van der Waals surface area contributed by atoms with Gasteiger partial charge < -0.3 is 5.11 Å². The van der Waals surface area contributed by atoms with E-state index in [1.54, 1.807) is 12.1 Å². The molecule has 0 aromatic heterocycles. The van der Waals surface area contributed by atoms with Crippen LogP contribution in [0.5, 0.6) is 5.75 Å². The Labute approximate surface area is 102 Å². The molecule has 17 heavy (non-hydrogen) atoms. The molecule has 0 aliphatic heterocycles. The molecule has 0 spiro atoms. The van der Waals surface area contributed by atoms with E-state index in [0.717, 1.165) is 12.1 Å². The summed E-state index contributed by atoms with van der Waals surface area (Å²) in [4.78, 5) is 2.22. The fourth-order valence-corrected chi connectivity index (χ4v) is 2.56. The van der Waals surface area contributed by atoms with Gasteiger partial charge in [0.2, 0.25) is 0 Å². The molecule has 0 radical (unpaired) electrons. The zero-order valence-corrected chi connectivity index (χ0v) is 9.97. The van der Waals surface area contributed by atoms with Crippen LogP contribution < -0.4 is 0 Å². The lowest BCUT2D eigenvalue weighted by atomic mass is 10.1. The summed E-state index contributed by atoms with van der Waals surface area (Å²) in [5, 5.41) is 18.3. The van der Waals surface area contributed by atoms with Gasteiger partial charge in [0.15, 0.2) is 0 Å². The van der Waals surface area contributed by atoms with Crippen LogP contribution >= 0.6 is 0 Å². The first-order valence-corrected chi connectivity index (χ1v) is 6.18. The maximum Gasteiger partial charge on any atom is 0.115 e. The first-order chi connectivity index (χ1) is 8.29. The third-order valence-corrected chi connectivity index (χ3v) is 3.41. The lowest BCUT2D eigenvalue weighted by molar-refractivity contribution is 0.214. The predicted molar refractivity (Wildman–Crippen MR) is 66.4 cm³/mol. The van der Waals surface area contributed by atoms with Crippen LogP contribution in [-0.2, 0) is 6.54 Å². The molecule has 0 heterocycles. The number of hydrogen-bond acceptors (Lipinski definition) is 3. The first kappa shape index (κ1) is 11.9. The van der Waals surface area contributed by atoms with Crippen molar-refractivity contribution >= 4 is 0 Å². The summed E-state index contributed by atoms with van der Waals surface area (Å²) in [6.07, 6.45) is 4.93. The van der Waals surface area contributed by atoms with E-state index in [0.29, 0.717) is 18.3 Å². The number of hydrogen-bond donors (Lipinski definition) is 1. The van der Waals surface area contributed by atoms with Gasteiger partial charge in [-0.2, -0.15) is 5.26 Å². The summed E-state index contributed by atoms with van der Waals surface area (Å²) in [6, 6.07) is 10.1. The van der Waals surface area contributed by atoms with Gasteiger partial charge in [0.05, 0.1) is 12.6 Å². The van der Waals surface area contributed by atoms with Gasteiger partial charge in [0.25, 0.3) is 0 Å². The van der Waals surface area contributed by atoms with Crippen molar-refractivity contribution in [1.82, 2.24) is 4.90 Å². The third-order valence-electron chi connectivity index (χ3n) is 3.41. The summed E-state index contributed by atoms with van der Waals surface area (Å²) < 4.78 is 0. The highest BCUT2D eigenvalue weighted by molar-refractivity contribution is 5.27. The molecule has 0 amide bonds. The average molecular weight is 230 g/mol. The Kier molecular flexibility index (Phi) is 4.00. The average Bonchev–Trinajstić information content (AvgIpc) is 2.82. The first-order valence-electron chi connectivity index (χ1n) is 6.18. The molecule has 0 atom stereocenters. The van der Waals surface area contributed by atoms with E-state index < -0.39 is 0 Å². The highest BCUT2D eigenvalue weighted by Crippen LogP contribution is 2.25. The van der Waals surface area contributed by atoms with Crippen molar-refractivity contribution in [1.29, 1.82) is 5.26 Å². The molecule has 90 valence electrons. The molecule has 1 N–H and O–H groups in total. The minimum atomic E-state index is 0.297. The number of phenolic OH excluding ortho intramolecular Hbond substituents is 1. The van der Waals surface area contributed by atoms with Crippen molar-refractivity contribution in [3.63, 3.8) is 0 Å². The Hall–Kier alpha value is -1.53. The number of nitriles is 1. The second-order valence-electron chi connectivity index (χ2n) is 4.67. The van der Waals surface area contributed by atoms with Crippen LogP contribution in [0.3, 0.4) is 0 Å². The minimum Gasteiger partial charge on any atom is -0.508 e. The summed E-state index contributed by atoms with van der Waals surface area (Å²) in [6.45, 7) is 1.23. The van der Waals surface area contributed by atoms with Gasteiger partial charge >= 0.3 is 0 Å². The number of benzene rings is 1. The number of nitrogens with zero attached hydrogens (tertiary/aromatic N) is 2. The van der Waals surface area contributed by atoms with E-state index in [4.69, 9.17) is 5.26 Å². The summed E-state index contributed by atoms with van der Waals surface area (Å²) in [5.41, 5.74) is 1.08. The van der Waals surface area contributed by atoms with E-state index in [1.165, 1.54) is 25.7 Å². The molecule has 1 aliphatic rings. The second kappa shape index (κ2) is 5.70. The SMILES string of the molecule is N#CCN(Cc1cccc(O)c1)C1CCCC1. The highest BCUT2D eigenvalue weighted by atomic mass is 16.3. The fourth-order valence-electron chi connectivity index (χ4n) is 2.56. The normalized spacial score (nSPS) is 16.2. The molecule has 0 bridgehead atoms. The van der Waals surface area contributed by atoms with Gasteiger partial charge in [-0.3, -0.25) is 4.90 Å². The fraction of sp³-hybridized carbons (Fsp3) is 0.500. The largest absolute Gasteiger partial charge is 0.508 e. The number of rotatable bonds is 4. The van der Waals surface area contributed by atoms with Gasteiger partial charge in [0, 0.05) is 12.6 Å². The lowest BCUT2D eigenvalue weighted by Crippen LogP contribution is -2.33. The van der Waals surface area contributed by atoms with Crippen LogP contribution in [0.25, 0.3) is 0 Å². The molecular formula is C14H18N2O. The molecule has 1 fully saturated rings. The smallest absolute Gasteiger partial charge is 0.115 e. The number of aromatic hydroxyl groups is 1. The van der Waals surface area contributed by atoms with Crippen LogP contribution in [0.4, 0.5) is 0 Å². The van der Waals surface area contributed by atoms with E-state index in [-0.39, 0.29) is 0 Å². The summed E-state index contributed by atoms with van der Waals surface area (Å²) >= 11 is 0. The van der Waals surface area contributed by atoms with Crippen LogP contribution in [-0.4, -0.2) is 22.6 Å². The zero-order chi connectivity index (χ0) is 12.1. The van der Waals surface area contributed by atoms with Crippen molar-refractivity contribution in [2.24, 2.45) is 0 Å². The number of phenols is 1. The molecule has 0 unspecified atom stereocenters. The van der Waals surface area contributed by atoms with Crippen LogP contribution in [0, 0.1) is 11.3 Å². The Morgan fingerprint density at radius 3 is 2.76 bits per heavy atom. The Bertz CT molecular complexity index is 405. The van der Waals surface area contributed by atoms with Gasteiger partial charge in [0.1, 0.15) is 5.75 Å². The lowest BCUT2D eigenvalue weighted by Gasteiger charge is -2.26. The molecule has 1 aromatic rings. The zero-order valence-electron chi connectivity index (χ0n) is 9.97. The molecule has 1 aromatic carbocycles. The molecular weight excluding hydrogens is 212 g/mol. The van der Waals surface area contributed by atoms with Crippen LogP contribution in [0.15, 0.2) is 24.3 Å². The van der Waals surface area contributed by atoms with E-state index in [1.807, 2.05) is 12.1 Å². The van der Waals surface area contributed by atoms with Gasteiger partial charge in [-0.25, -0.2) is 0 Å². The van der Waals surface area contributed by atoms with E-state index >= 15 is 0 Å². The Morgan fingerprint density at radius 1 is 1.35 bits per heavy atom. The molecule has 2 rings (SSSR count). The molecule has 0 saturated heterocycles. The monoisotopic (exact) mass is 230 g/mol. The Morgan fingerprint density at radius 2 is 2.12 bits per heavy atom. The Balaban J connectivity index is 2.04. The summed E-state index contributed by atoms with van der Waals surface area (Å²) in [7, 11) is 0. The van der Waals surface area contributed by atoms with Gasteiger partial charge in [-0.05, 0) is 30.5 Å². The van der Waals surface area contributed by atoms with E-state index in [9.17, 15) is 5.11 Å². The molecule has 1 aliphatic carbocycles. The third kappa shape index (κ3) is 3.21. The van der Waals surface area contributed by atoms with Crippen molar-refractivity contribution in [3.05, 3.63) is 29.8 Å². The molecule has 3 heteroatoms.